The smallest absolute Gasteiger partial charge is 0.115 e. The van der Waals surface area contributed by atoms with Crippen LogP contribution in [-0.2, 0) is 51.9 Å². The summed E-state index contributed by atoms with van der Waals surface area (Å²) >= 11 is 1.55. The number of aliphatic hydroxyl groups excluding tert-OH is 1. The molecule has 0 saturated carbocycles. The standard InChI is InChI=1S/C44H46N2O5S/c47-39(33-48-29-35-18-8-2-9-19-35)41(49-30-36-20-10-3-11-21-36)43(51-32-38-24-14-5-15-25-38)42(50-31-37-22-12-4-13-23-37)40(44-45-26-27-52-44)46-28-34-16-6-1-7-17-34/h1-27,39-43,46-47H,28-33H2/t39-,40-,41+,42+,43+/m1/s1. The number of hydrogen-bond acceptors (Lipinski definition) is 8. The monoisotopic (exact) mass is 714 g/mol. The quantitative estimate of drug-likeness (QED) is 0.0777. The zero-order valence-corrected chi connectivity index (χ0v) is 30.0. The number of benzene rings is 5. The molecule has 1 heterocycles. The number of ether oxygens (including phenoxy) is 4. The van der Waals surface area contributed by atoms with Crippen molar-refractivity contribution in [1.82, 2.24) is 10.3 Å². The molecule has 0 aliphatic rings. The summed E-state index contributed by atoms with van der Waals surface area (Å²) in [7, 11) is 0. The van der Waals surface area contributed by atoms with Crippen molar-refractivity contribution in [3.05, 3.63) is 196 Å². The van der Waals surface area contributed by atoms with Gasteiger partial charge in [-0.05, 0) is 27.8 Å². The summed E-state index contributed by atoms with van der Waals surface area (Å²) < 4.78 is 26.7. The van der Waals surface area contributed by atoms with Crippen LogP contribution in [0.1, 0.15) is 38.9 Å². The van der Waals surface area contributed by atoms with Gasteiger partial charge in [-0.1, -0.05) is 152 Å². The minimum absolute atomic E-state index is 0.0321. The Morgan fingerprint density at radius 2 is 0.942 bits per heavy atom. The van der Waals surface area contributed by atoms with Gasteiger partial charge in [0, 0.05) is 18.1 Å². The molecule has 0 unspecified atom stereocenters. The van der Waals surface area contributed by atoms with E-state index in [1.54, 1.807) is 17.5 Å². The topological polar surface area (TPSA) is 82.1 Å². The van der Waals surface area contributed by atoms with Crippen molar-refractivity contribution in [2.75, 3.05) is 6.61 Å². The fourth-order valence-electron chi connectivity index (χ4n) is 6.00. The molecule has 8 heteroatoms. The fourth-order valence-corrected chi connectivity index (χ4v) is 6.75. The molecule has 52 heavy (non-hydrogen) atoms. The summed E-state index contributed by atoms with van der Waals surface area (Å²) in [6.45, 7) is 1.81. The molecular formula is C44H46N2O5S. The maximum Gasteiger partial charge on any atom is 0.115 e. The Balaban J connectivity index is 1.37. The van der Waals surface area contributed by atoms with Crippen LogP contribution in [0.25, 0.3) is 0 Å². The Morgan fingerprint density at radius 3 is 1.40 bits per heavy atom. The number of rotatable bonds is 21. The molecule has 6 aromatic rings. The van der Waals surface area contributed by atoms with Gasteiger partial charge < -0.3 is 29.4 Å². The first-order valence-corrected chi connectivity index (χ1v) is 18.5. The lowest BCUT2D eigenvalue weighted by Crippen LogP contribution is -2.53. The molecule has 0 aliphatic heterocycles. The third kappa shape index (κ3) is 11.5. The van der Waals surface area contributed by atoms with E-state index in [2.05, 4.69) is 17.4 Å². The van der Waals surface area contributed by atoms with E-state index in [1.807, 2.05) is 145 Å². The highest BCUT2D eigenvalue weighted by atomic mass is 32.1. The molecule has 0 radical (unpaired) electrons. The van der Waals surface area contributed by atoms with Crippen LogP contribution < -0.4 is 5.32 Å². The first kappa shape index (κ1) is 37.3. The van der Waals surface area contributed by atoms with Crippen molar-refractivity contribution in [3.8, 4) is 0 Å². The second-order valence-corrected chi connectivity index (χ2v) is 13.5. The van der Waals surface area contributed by atoms with Crippen LogP contribution >= 0.6 is 11.3 Å². The highest BCUT2D eigenvalue weighted by molar-refractivity contribution is 7.09. The Hall–Kier alpha value is -4.51. The van der Waals surface area contributed by atoms with E-state index >= 15 is 0 Å². The van der Waals surface area contributed by atoms with Gasteiger partial charge in [0.25, 0.3) is 0 Å². The number of aromatic nitrogens is 1. The Morgan fingerprint density at radius 1 is 0.519 bits per heavy atom. The Labute approximate surface area is 310 Å². The van der Waals surface area contributed by atoms with Crippen LogP contribution in [0.5, 0.6) is 0 Å². The van der Waals surface area contributed by atoms with Gasteiger partial charge in [-0.25, -0.2) is 4.98 Å². The number of hydrogen-bond donors (Lipinski definition) is 2. The first-order chi connectivity index (χ1) is 25.7. The third-order valence-corrected chi connectivity index (χ3v) is 9.56. The molecular weight excluding hydrogens is 669 g/mol. The lowest BCUT2D eigenvalue weighted by atomic mass is 9.96. The minimum Gasteiger partial charge on any atom is -0.388 e. The molecule has 7 nitrogen and oxygen atoms in total. The molecule has 5 atom stereocenters. The number of aliphatic hydroxyl groups is 1. The van der Waals surface area contributed by atoms with Crippen LogP contribution in [-0.4, -0.2) is 41.1 Å². The van der Waals surface area contributed by atoms with Crippen LogP contribution in [0.3, 0.4) is 0 Å². The SMILES string of the molecule is O[C@H](COCc1ccccc1)[C@H](OCc1ccccc1)[C@H](OCc1ccccc1)[C@@H](OCc1ccccc1)[C@@H](NCc1ccccc1)c1nccs1. The number of thiazole rings is 1. The van der Waals surface area contributed by atoms with Crippen LogP contribution in [0.15, 0.2) is 163 Å². The van der Waals surface area contributed by atoms with Gasteiger partial charge in [0.2, 0.25) is 0 Å². The molecule has 0 amide bonds. The molecule has 1 aromatic heterocycles. The molecule has 2 N–H and O–H groups in total. The fraction of sp³-hybridized carbons (Fsp3) is 0.250. The van der Waals surface area contributed by atoms with E-state index in [0.717, 1.165) is 32.8 Å². The number of nitrogens with one attached hydrogen (secondary N) is 1. The van der Waals surface area contributed by atoms with Gasteiger partial charge in [0.15, 0.2) is 0 Å². The molecule has 0 aliphatic carbocycles. The minimum atomic E-state index is -1.05. The molecule has 0 bridgehead atoms. The summed E-state index contributed by atoms with van der Waals surface area (Å²) in [6.07, 6.45) is -1.51. The Bertz CT molecular complexity index is 1800. The predicted octanol–water partition coefficient (Wildman–Crippen LogP) is 8.31. The molecule has 0 spiro atoms. The maximum atomic E-state index is 12.1. The average molecular weight is 715 g/mol. The van der Waals surface area contributed by atoms with E-state index in [9.17, 15) is 5.11 Å². The van der Waals surface area contributed by atoms with E-state index in [1.165, 1.54) is 0 Å². The molecule has 0 saturated heterocycles. The van der Waals surface area contributed by atoms with Gasteiger partial charge in [-0.15, -0.1) is 11.3 Å². The predicted molar refractivity (Wildman–Crippen MR) is 205 cm³/mol. The van der Waals surface area contributed by atoms with Gasteiger partial charge in [0.05, 0.1) is 39.1 Å². The molecule has 6 rings (SSSR count). The van der Waals surface area contributed by atoms with Crippen molar-refractivity contribution in [2.24, 2.45) is 0 Å². The molecule has 268 valence electrons. The van der Waals surface area contributed by atoms with Crippen molar-refractivity contribution in [1.29, 1.82) is 0 Å². The second kappa shape index (κ2) is 20.5. The lowest BCUT2D eigenvalue weighted by molar-refractivity contribution is -0.193. The summed E-state index contributed by atoms with van der Waals surface area (Å²) in [6, 6.07) is 49.9. The highest BCUT2D eigenvalue weighted by Gasteiger charge is 2.42. The first-order valence-electron chi connectivity index (χ1n) is 17.7. The number of nitrogens with zero attached hydrogens (tertiary/aromatic N) is 1. The second-order valence-electron chi connectivity index (χ2n) is 12.6. The largest absolute Gasteiger partial charge is 0.388 e. The van der Waals surface area contributed by atoms with Gasteiger partial charge in [-0.3, -0.25) is 0 Å². The van der Waals surface area contributed by atoms with E-state index in [-0.39, 0.29) is 19.8 Å². The summed E-state index contributed by atoms with van der Waals surface area (Å²) in [5.74, 6) is 0. The normalized spacial score (nSPS) is 14.3. The van der Waals surface area contributed by atoms with Crippen LogP contribution in [0, 0.1) is 0 Å². The molecule has 5 aromatic carbocycles. The summed E-state index contributed by atoms with van der Waals surface area (Å²) in [5, 5.41) is 18.6. The zero-order valence-electron chi connectivity index (χ0n) is 29.2. The van der Waals surface area contributed by atoms with Crippen LogP contribution in [0.2, 0.25) is 0 Å². The third-order valence-electron chi connectivity index (χ3n) is 8.70. The summed E-state index contributed by atoms with van der Waals surface area (Å²) in [5.41, 5.74) is 5.13. The highest BCUT2D eigenvalue weighted by Crippen LogP contribution is 2.31. The lowest BCUT2D eigenvalue weighted by Gasteiger charge is -2.39. The van der Waals surface area contributed by atoms with Crippen molar-refractivity contribution >= 4 is 11.3 Å². The van der Waals surface area contributed by atoms with E-state index < -0.39 is 30.5 Å². The van der Waals surface area contributed by atoms with Gasteiger partial charge >= 0.3 is 0 Å². The van der Waals surface area contributed by atoms with Crippen molar-refractivity contribution < 1.29 is 24.1 Å². The average Bonchev–Trinajstić information content (AvgIpc) is 3.74. The van der Waals surface area contributed by atoms with Gasteiger partial charge in [-0.2, -0.15) is 0 Å². The maximum absolute atomic E-state index is 12.1. The summed E-state index contributed by atoms with van der Waals surface area (Å²) in [4.78, 5) is 4.78. The molecule has 0 fully saturated rings. The Kier molecular flexibility index (Phi) is 14.7. The van der Waals surface area contributed by atoms with E-state index in [4.69, 9.17) is 23.9 Å². The van der Waals surface area contributed by atoms with Crippen molar-refractivity contribution in [2.45, 2.75) is 63.4 Å². The zero-order chi connectivity index (χ0) is 35.6. The van der Waals surface area contributed by atoms with Crippen molar-refractivity contribution in [3.63, 3.8) is 0 Å². The van der Waals surface area contributed by atoms with Gasteiger partial charge in [0.1, 0.15) is 29.4 Å². The van der Waals surface area contributed by atoms with Crippen LogP contribution in [0.4, 0.5) is 0 Å². The van der Waals surface area contributed by atoms with E-state index in [0.29, 0.717) is 19.8 Å².